The van der Waals surface area contributed by atoms with Gasteiger partial charge in [-0.15, -0.1) is 0 Å². The highest BCUT2D eigenvalue weighted by Gasteiger charge is 2.23. The van der Waals surface area contributed by atoms with Crippen LogP contribution >= 0.6 is 19.4 Å². The lowest BCUT2D eigenvalue weighted by molar-refractivity contribution is -0.148. The molecule has 0 amide bonds. The second-order valence-corrected chi connectivity index (χ2v) is 15.8. The number of carbonyl (C=O) groups excluding carboxylic acids is 1. The summed E-state index contributed by atoms with van der Waals surface area (Å²) in [7, 11) is -2.99. The average molecular weight is 705 g/mol. The number of aliphatic carboxylic acids is 2. The van der Waals surface area contributed by atoms with E-state index in [9.17, 15) is 18.9 Å². The summed E-state index contributed by atoms with van der Waals surface area (Å²) >= 11 is 2.00. The van der Waals surface area contributed by atoms with Crippen molar-refractivity contribution in [3.8, 4) is 0 Å². The topological polar surface area (TPSA) is 136 Å². The minimum atomic E-state index is -2.99. The van der Waals surface area contributed by atoms with Gasteiger partial charge in [-0.2, -0.15) is 11.8 Å². The average Bonchev–Trinajstić information content (AvgIpc) is 3.02. The number of rotatable bonds is 32. The van der Waals surface area contributed by atoms with Crippen LogP contribution in [0.5, 0.6) is 0 Å². The Kier molecular flexibility index (Phi) is 28.3. The van der Waals surface area contributed by atoms with E-state index in [0.29, 0.717) is 24.6 Å². The van der Waals surface area contributed by atoms with Gasteiger partial charge in [-0.1, -0.05) is 89.7 Å². The van der Waals surface area contributed by atoms with Gasteiger partial charge in [0.15, 0.2) is 0 Å². The largest absolute Gasteiger partial charge is 0.478 e. The molecule has 0 aliphatic rings. The van der Waals surface area contributed by atoms with Gasteiger partial charge in [-0.3, -0.25) is 9.36 Å². The zero-order valence-corrected chi connectivity index (χ0v) is 31.7. The zero-order valence-electron chi connectivity index (χ0n) is 30.0. The van der Waals surface area contributed by atoms with Gasteiger partial charge in [0.05, 0.1) is 19.4 Å². The molecule has 9 nitrogen and oxygen atoms in total. The van der Waals surface area contributed by atoms with Crippen molar-refractivity contribution in [3.05, 3.63) is 23.3 Å². The van der Waals surface area contributed by atoms with E-state index in [1.54, 1.807) is 0 Å². The first kappa shape index (κ1) is 45.4. The van der Waals surface area contributed by atoms with Crippen LogP contribution in [0.4, 0.5) is 0 Å². The maximum atomic E-state index is 12.8. The number of ether oxygens (including phenoxy) is 1. The van der Waals surface area contributed by atoms with Gasteiger partial charge >= 0.3 is 25.5 Å². The highest BCUT2D eigenvalue weighted by atomic mass is 32.2. The molecule has 0 fully saturated rings. The van der Waals surface area contributed by atoms with Crippen LogP contribution in [-0.4, -0.2) is 64.6 Å². The van der Waals surface area contributed by atoms with Crippen molar-refractivity contribution in [2.75, 3.05) is 25.1 Å². The van der Waals surface area contributed by atoms with Gasteiger partial charge in [0.2, 0.25) is 0 Å². The summed E-state index contributed by atoms with van der Waals surface area (Å²) in [5, 5.41) is 18.8. The molecule has 11 heteroatoms. The number of esters is 1. The lowest BCUT2D eigenvalue weighted by Crippen LogP contribution is -2.18. The smallest absolute Gasteiger partial charge is 0.330 e. The predicted molar refractivity (Wildman–Crippen MR) is 193 cm³/mol. The molecule has 1 unspecified atom stereocenters. The molecule has 0 saturated carbocycles. The second-order valence-electron chi connectivity index (χ2n) is 12.2. The first-order valence-corrected chi connectivity index (χ1v) is 20.7. The van der Waals surface area contributed by atoms with Gasteiger partial charge < -0.3 is 24.0 Å². The van der Waals surface area contributed by atoms with Crippen molar-refractivity contribution in [2.45, 2.75) is 162 Å². The van der Waals surface area contributed by atoms with Crippen molar-refractivity contribution in [2.24, 2.45) is 0 Å². The molecule has 274 valence electrons. The predicted octanol–water partition coefficient (Wildman–Crippen LogP) is 10.4. The van der Waals surface area contributed by atoms with Gasteiger partial charge in [0.1, 0.15) is 6.10 Å². The molecule has 0 aromatic carbocycles. The Morgan fingerprint density at radius 2 is 1.17 bits per heavy atom. The van der Waals surface area contributed by atoms with Crippen LogP contribution in [0.3, 0.4) is 0 Å². The van der Waals surface area contributed by atoms with Gasteiger partial charge in [-0.25, -0.2) is 9.59 Å². The molecule has 0 bridgehead atoms. The third-order valence-electron chi connectivity index (χ3n) is 7.96. The highest BCUT2D eigenvalue weighted by molar-refractivity contribution is 7.99. The summed E-state index contributed by atoms with van der Waals surface area (Å²) in [6.45, 7) is 9.67. The van der Waals surface area contributed by atoms with Crippen molar-refractivity contribution >= 4 is 37.3 Å². The van der Waals surface area contributed by atoms with Crippen LogP contribution in [-0.2, 0) is 32.7 Å². The molecule has 2 N–H and O–H groups in total. The molecular formula is C36H65O9PS. The first-order valence-electron chi connectivity index (χ1n) is 18.0. The fourth-order valence-corrected chi connectivity index (χ4v) is 8.30. The standard InChI is InChI=1S/C36H65O9PS/c1-6-9-10-11-12-14-17-21-33(47-29-20-28-46(42,43-7-2)44-8-3)22-18-15-13-16-19-23-34(37)45-32(26-24-30(4)35(38)39)27-25-31(5)36(40)41/h24-25,32-33H,6-23,26-29H2,1-5H3,(H,38,39)(H,40,41). The van der Waals surface area contributed by atoms with Crippen LogP contribution in [0.15, 0.2) is 23.3 Å². The van der Waals surface area contributed by atoms with E-state index in [2.05, 4.69) is 6.92 Å². The van der Waals surface area contributed by atoms with Crippen LogP contribution in [0, 0.1) is 0 Å². The van der Waals surface area contributed by atoms with Gasteiger partial charge in [-0.05, 0) is 59.1 Å². The molecule has 0 radical (unpaired) electrons. The van der Waals surface area contributed by atoms with E-state index < -0.39 is 25.6 Å². The second kappa shape index (κ2) is 29.3. The van der Waals surface area contributed by atoms with Crippen molar-refractivity contribution < 1.29 is 42.9 Å². The Morgan fingerprint density at radius 1 is 0.702 bits per heavy atom. The lowest BCUT2D eigenvalue weighted by atomic mass is 10.0. The summed E-state index contributed by atoms with van der Waals surface area (Å²) in [4.78, 5) is 34.8. The van der Waals surface area contributed by atoms with Crippen molar-refractivity contribution in [3.63, 3.8) is 0 Å². The Balaban J connectivity index is 4.65. The van der Waals surface area contributed by atoms with E-state index in [0.717, 1.165) is 50.7 Å². The lowest BCUT2D eigenvalue weighted by Gasteiger charge is -2.19. The number of hydrogen-bond acceptors (Lipinski definition) is 8. The molecule has 1 atom stereocenters. The van der Waals surface area contributed by atoms with Crippen LogP contribution in [0.2, 0.25) is 0 Å². The quantitative estimate of drug-likeness (QED) is 0.0301. The summed E-state index contributed by atoms with van der Waals surface area (Å²) in [5.41, 5.74) is 0.309. The normalized spacial score (nSPS) is 13.8. The molecular weight excluding hydrogens is 639 g/mol. The molecule has 0 rings (SSSR count). The number of thioether (sulfide) groups is 1. The summed E-state index contributed by atoms with van der Waals surface area (Å²) in [6.07, 6.45) is 20.8. The van der Waals surface area contributed by atoms with E-state index in [4.69, 9.17) is 24.0 Å². The fraction of sp³-hybridized carbons (Fsp3) is 0.806. The number of unbranched alkanes of at least 4 members (excludes halogenated alkanes) is 10. The molecule has 0 aromatic heterocycles. The third-order valence-corrected chi connectivity index (χ3v) is 11.6. The number of carbonyl (C=O) groups is 3. The van der Waals surface area contributed by atoms with Crippen LogP contribution in [0.25, 0.3) is 0 Å². The minimum Gasteiger partial charge on any atom is -0.478 e. The summed E-state index contributed by atoms with van der Waals surface area (Å²) in [6, 6.07) is 0. The molecule has 0 aromatic rings. The highest BCUT2D eigenvalue weighted by Crippen LogP contribution is 2.48. The van der Waals surface area contributed by atoms with Crippen molar-refractivity contribution in [1.82, 2.24) is 0 Å². The number of carboxylic acids is 2. The Labute approximate surface area is 289 Å². The summed E-state index contributed by atoms with van der Waals surface area (Å²) in [5.74, 6) is -1.48. The Morgan fingerprint density at radius 3 is 1.64 bits per heavy atom. The van der Waals surface area contributed by atoms with Crippen LogP contribution < -0.4 is 0 Å². The van der Waals surface area contributed by atoms with E-state index in [1.165, 1.54) is 77.4 Å². The maximum Gasteiger partial charge on any atom is 0.330 e. The first-order chi connectivity index (χ1) is 22.5. The Bertz CT molecular complexity index is 924. The van der Waals surface area contributed by atoms with Gasteiger partial charge in [0.25, 0.3) is 0 Å². The molecule has 0 aliphatic carbocycles. The van der Waals surface area contributed by atoms with E-state index in [-0.39, 0.29) is 36.4 Å². The minimum absolute atomic E-state index is 0.155. The van der Waals surface area contributed by atoms with Crippen LogP contribution in [0.1, 0.15) is 150 Å². The van der Waals surface area contributed by atoms with Gasteiger partial charge in [0, 0.05) is 35.7 Å². The molecule has 0 heterocycles. The maximum absolute atomic E-state index is 12.8. The number of hydrogen-bond donors (Lipinski definition) is 2. The molecule has 0 spiro atoms. The fourth-order valence-electron chi connectivity index (χ4n) is 5.11. The Hall–Kier alpha value is -1.61. The number of carboxylic acid groups (broad SMARTS) is 2. The third kappa shape index (κ3) is 26.0. The summed E-state index contributed by atoms with van der Waals surface area (Å²) < 4.78 is 29.3. The molecule has 0 aliphatic heterocycles. The molecule has 0 saturated heterocycles. The zero-order chi connectivity index (χ0) is 35.3. The van der Waals surface area contributed by atoms with E-state index >= 15 is 0 Å². The monoisotopic (exact) mass is 704 g/mol. The van der Waals surface area contributed by atoms with E-state index in [1.807, 2.05) is 25.6 Å². The molecule has 47 heavy (non-hydrogen) atoms. The van der Waals surface area contributed by atoms with Crippen molar-refractivity contribution in [1.29, 1.82) is 0 Å². The SMILES string of the molecule is CCCCCCCCCC(CCCCCCCC(=O)OC(CC=C(C)C(=O)O)CC=C(C)C(=O)O)SCCCP(=O)(OCC)OCC.